The molecule has 7 nitrogen and oxygen atoms in total. The molecule has 2 aliphatic heterocycles. The normalized spacial score (nSPS) is 13.7. The third-order valence-electron chi connectivity index (χ3n) is 5.86. The van der Waals surface area contributed by atoms with E-state index in [2.05, 4.69) is 4.57 Å². The maximum Gasteiger partial charge on any atom is 0.310 e. The first kappa shape index (κ1) is 18.7. The van der Waals surface area contributed by atoms with Crippen molar-refractivity contribution in [2.75, 3.05) is 21.0 Å². The lowest BCUT2D eigenvalue weighted by Crippen LogP contribution is -2.41. The van der Waals surface area contributed by atoms with Crippen LogP contribution in [0.25, 0.3) is 22.0 Å². The number of hydrogen-bond acceptors (Lipinski definition) is 6. The van der Waals surface area contributed by atoms with Gasteiger partial charge in [-0.05, 0) is 17.7 Å². The zero-order valence-electron chi connectivity index (χ0n) is 16.9. The molecule has 3 heterocycles. The van der Waals surface area contributed by atoms with Crippen LogP contribution in [0.1, 0.15) is 16.7 Å². The number of aryl methyl sites for hydroxylation is 2. The van der Waals surface area contributed by atoms with Crippen molar-refractivity contribution in [1.29, 1.82) is 0 Å². The topological polar surface area (TPSA) is 78.1 Å². The predicted molar refractivity (Wildman–Crippen MR) is 108 cm³/mol. The molecule has 0 radical (unpaired) electrons. The SMILES string of the molecule is COC(=O)Cc1c2[n+](cc3c(OC)c(CO)ccc13)CCc1cc3c(cc1-2)OCO3. The Hall–Kier alpha value is -3.32. The fraction of sp³-hybridized carbons (Fsp3) is 0.304. The lowest BCUT2D eigenvalue weighted by Gasteiger charge is -2.20. The van der Waals surface area contributed by atoms with Gasteiger partial charge >= 0.3 is 5.97 Å². The van der Waals surface area contributed by atoms with Gasteiger partial charge in [-0.2, -0.15) is 4.57 Å². The Morgan fingerprint density at radius 1 is 1.17 bits per heavy atom. The average Bonchev–Trinajstić information content (AvgIpc) is 3.23. The second-order valence-corrected chi connectivity index (χ2v) is 7.39. The molecule has 0 saturated carbocycles. The second kappa shape index (κ2) is 7.18. The molecule has 30 heavy (non-hydrogen) atoms. The van der Waals surface area contributed by atoms with Crippen molar-refractivity contribution in [3.05, 3.63) is 47.2 Å². The summed E-state index contributed by atoms with van der Waals surface area (Å²) in [5.74, 6) is 1.77. The summed E-state index contributed by atoms with van der Waals surface area (Å²) in [6, 6.07) is 7.80. The van der Waals surface area contributed by atoms with E-state index in [4.69, 9.17) is 18.9 Å². The van der Waals surface area contributed by atoms with Crippen LogP contribution in [0.4, 0.5) is 0 Å². The van der Waals surface area contributed by atoms with Gasteiger partial charge in [-0.3, -0.25) is 4.79 Å². The number of carbonyl (C=O) groups is 1. The molecule has 0 saturated heterocycles. The highest BCUT2D eigenvalue weighted by atomic mass is 16.7. The van der Waals surface area contributed by atoms with Crippen molar-refractivity contribution >= 4 is 16.7 Å². The summed E-state index contributed by atoms with van der Waals surface area (Å²) in [6.45, 7) is 0.838. The average molecular weight is 408 g/mol. The zero-order chi connectivity index (χ0) is 20.8. The fourth-order valence-corrected chi connectivity index (χ4v) is 4.46. The number of ether oxygens (including phenoxy) is 4. The molecule has 3 aromatic rings. The van der Waals surface area contributed by atoms with Crippen molar-refractivity contribution in [3.63, 3.8) is 0 Å². The Balaban J connectivity index is 1.83. The van der Waals surface area contributed by atoms with Crippen molar-refractivity contribution in [2.24, 2.45) is 0 Å². The van der Waals surface area contributed by atoms with Crippen LogP contribution < -0.4 is 18.8 Å². The Morgan fingerprint density at radius 2 is 1.97 bits per heavy atom. The van der Waals surface area contributed by atoms with Gasteiger partial charge in [0, 0.05) is 22.9 Å². The first-order valence-corrected chi connectivity index (χ1v) is 9.80. The maximum atomic E-state index is 12.3. The minimum atomic E-state index is -0.316. The van der Waals surface area contributed by atoms with Crippen molar-refractivity contribution < 1.29 is 33.4 Å². The first-order chi connectivity index (χ1) is 14.6. The Bertz CT molecular complexity index is 1190. The molecule has 7 heteroatoms. The number of aliphatic hydroxyl groups excluding tert-OH is 1. The van der Waals surface area contributed by atoms with Gasteiger partial charge in [0.25, 0.3) is 0 Å². The number of methoxy groups -OCH3 is 2. The Morgan fingerprint density at radius 3 is 2.70 bits per heavy atom. The van der Waals surface area contributed by atoms with Gasteiger partial charge in [0.1, 0.15) is 5.75 Å². The number of nitrogens with zero attached hydrogens (tertiary/aromatic N) is 1. The minimum Gasteiger partial charge on any atom is -0.495 e. The predicted octanol–water partition coefficient (Wildman–Crippen LogP) is 2.30. The Labute approximate surface area is 173 Å². The van der Waals surface area contributed by atoms with E-state index in [0.29, 0.717) is 17.1 Å². The number of pyridine rings is 1. The number of carbonyl (C=O) groups excluding carboxylic acids is 1. The van der Waals surface area contributed by atoms with Gasteiger partial charge in [0.15, 0.2) is 24.2 Å². The van der Waals surface area contributed by atoms with Crippen molar-refractivity contribution in [3.8, 4) is 28.5 Å². The lowest BCUT2D eigenvalue weighted by molar-refractivity contribution is -0.686. The molecule has 0 bridgehead atoms. The quantitative estimate of drug-likeness (QED) is 0.527. The van der Waals surface area contributed by atoms with E-state index in [1.165, 1.54) is 7.11 Å². The highest BCUT2D eigenvalue weighted by Crippen LogP contribution is 2.42. The minimum absolute atomic E-state index is 0.124. The Kier molecular flexibility index (Phi) is 4.47. The summed E-state index contributed by atoms with van der Waals surface area (Å²) < 4.78 is 23.9. The summed E-state index contributed by atoms with van der Waals surface area (Å²) >= 11 is 0. The van der Waals surface area contributed by atoms with E-state index >= 15 is 0 Å². The van der Waals surface area contributed by atoms with Gasteiger partial charge in [-0.25, -0.2) is 0 Å². The van der Waals surface area contributed by atoms with Crippen LogP contribution in [0, 0.1) is 0 Å². The highest BCUT2D eigenvalue weighted by molar-refractivity contribution is 5.96. The number of esters is 1. The molecule has 0 aliphatic carbocycles. The number of aromatic nitrogens is 1. The van der Waals surface area contributed by atoms with E-state index in [0.717, 1.165) is 51.9 Å². The van der Waals surface area contributed by atoms with Gasteiger partial charge in [0.2, 0.25) is 12.5 Å². The van der Waals surface area contributed by atoms with Crippen LogP contribution in [-0.2, 0) is 35.5 Å². The van der Waals surface area contributed by atoms with Crippen LogP contribution in [0.3, 0.4) is 0 Å². The summed E-state index contributed by atoms with van der Waals surface area (Å²) in [7, 11) is 2.98. The molecular weight excluding hydrogens is 386 g/mol. The van der Waals surface area contributed by atoms with Gasteiger partial charge < -0.3 is 24.1 Å². The number of aliphatic hydroxyl groups is 1. The zero-order valence-corrected chi connectivity index (χ0v) is 16.9. The first-order valence-electron chi connectivity index (χ1n) is 9.80. The summed E-state index contributed by atoms with van der Waals surface area (Å²) in [5.41, 5.74) is 4.71. The van der Waals surface area contributed by atoms with E-state index in [1.54, 1.807) is 7.11 Å². The monoisotopic (exact) mass is 408 g/mol. The van der Waals surface area contributed by atoms with Crippen LogP contribution in [-0.4, -0.2) is 32.1 Å². The van der Waals surface area contributed by atoms with E-state index in [-0.39, 0.29) is 25.8 Å². The fourth-order valence-electron chi connectivity index (χ4n) is 4.46. The summed E-state index contributed by atoms with van der Waals surface area (Å²) in [6.07, 6.45) is 2.99. The molecule has 5 rings (SSSR count). The number of fused-ring (bicyclic) bond motifs is 5. The standard InChI is InChI=1S/C23H22NO6/c1-27-21(26)9-17-15-4-3-14(11-25)23(28-2)18(15)10-24-6-5-13-7-19-20(30-12-29-19)8-16(13)22(17)24/h3-4,7-8,10,25H,5-6,9,11-12H2,1-2H3/q+1. The summed E-state index contributed by atoms with van der Waals surface area (Å²) in [4.78, 5) is 12.3. The molecule has 0 fully saturated rings. The molecule has 154 valence electrons. The lowest BCUT2D eigenvalue weighted by atomic mass is 9.89. The van der Waals surface area contributed by atoms with Crippen molar-refractivity contribution in [1.82, 2.24) is 0 Å². The molecule has 0 atom stereocenters. The van der Waals surface area contributed by atoms with E-state index in [1.807, 2.05) is 30.5 Å². The summed E-state index contributed by atoms with van der Waals surface area (Å²) in [5, 5.41) is 11.5. The number of hydrogen-bond donors (Lipinski definition) is 1. The van der Waals surface area contributed by atoms with Crippen LogP contribution in [0.5, 0.6) is 17.2 Å². The molecule has 1 aromatic heterocycles. The smallest absolute Gasteiger partial charge is 0.310 e. The molecule has 0 spiro atoms. The maximum absolute atomic E-state index is 12.3. The molecule has 0 amide bonds. The highest BCUT2D eigenvalue weighted by Gasteiger charge is 2.33. The number of benzene rings is 2. The van der Waals surface area contributed by atoms with E-state index < -0.39 is 0 Å². The van der Waals surface area contributed by atoms with Crippen LogP contribution in [0.2, 0.25) is 0 Å². The molecule has 1 N–H and O–H groups in total. The van der Waals surface area contributed by atoms with Gasteiger partial charge in [-0.15, -0.1) is 0 Å². The van der Waals surface area contributed by atoms with E-state index in [9.17, 15) is 9.90 Å². The van der Waals surface area contributed by atoms with Gasteiger partial charge in [0.05, 0.1) is 38.2 Å². The third-order valence-corrected chi connectivity index (χ3v) is 5.86. The van der Waals surface area contributed by atoms with Gasteiger partial charge in [-0.1, -0.05) is 12.1 Å². The molecule has 2 aromatic carbocycles. The third kappa shape index (κ3) is 2.77. The molecular formula is C23H22NO6+. The van der Waals surface area contributed by atoms with Crippen LogP contribution >= 0.6 is 0 Å². The van der Waals surface area contributed by atoms with Crippen LogP contribution in [0.15, 0.2) is 30.5 Å². The molecule has 2 aliphatic rings. The number of rotatable bonds is 4. The largest absolute Gasteiger partial charge is 0.495 e. The van der Waals surface area contributed by atoms with Crippen molar-refractivity contribution in [2.45, 2.75) is 26.0 Å². The molecule has 0 unspecified atom stereocenters. The second-order valence-electron chi connectivity index (χ2n) is 7.39.